The number of anilines is 1. The molecule has 1 aromatic heterocycles. The third kappa shape index (κ3) is 2.44. The zero-order valence-corrected chi connectivity index (χ0v) is 14.1. The molecule has 0 saturated carbocycles. The van der Waals surface area contributed by atoms with Crippen molar-refractivity contribution in [2.45, 2.75) is 13.0 Å². The third-order valence-electron chi connectivity index (χ3n) is 4.44. The van der Waals surface area contributed by atoms with Gasteiger partial charge in [-0.15, -0.1) is 0 Å². The number of allylic oxidation sites excluding steroid dienone is 1. The summed E-state index contributed by atoms with van der Waals surface area (Å²) in [4.78, 5) is 17.0. The number of esters is 1. The van der Waals surface area contributed by atoms with Crippen molar-refractivity contribution in [2.24, 2.45) is 0 Å². The van der Waals surface area contributed by atoms with Gasteiger partial charge >= 0.3 is 5.97 Å². The molecule has 0 amide bonds. The maximum atomic E-state index is 13.9. The first kappa shape index (κ1) is 16.3. The topological polar surface area (TPSA) is 56.1 Å². The molecular weight excluding hydrogens is 340 g/mol. The van der Waals surface area contributed by atoms with Crippen molar-refractivity contribution < 1.29 is 18.3 Å². The Hall–Kier alpha value is -3.22. The van der Waals surface area contributed by atoms with Gasteiger partial charge in [-0.3, -0.25) is 4.57 Å². The zero-order chi connectivity index (χ0) is 18.4. The highest BCUT2D eigenvalue weighted by Crippen LogP contribution is 2.39. The van der Waals surface area contributed by atoms with Crippen LogP contribution in [0.5, 0.6) is 0 Å². The van der Waals surface area contributed by atoms with Crippen LogP contribution in [0.1, 0.15) is 18.5 Å². The highest BCUT2D eigenvalue weighted by Gasteiger charge is 2.35. The van der Waals surface area contributed by atoms with Gasteiger partial charge in [-0.25, -0.2) is 18.6 Å². The van der Waals surface area contributed by atoms with Crippen LogP contribution < -0.4 is 5.32 Å². The lowest BCUT2D eigenvalue weighted by molar-refractivity contribution is -0.136. The number of halogens is 2. The molecule has 0 bridgehead atoms. The fraction of sp³-hybridized carbons (Fsp3) is 0.158. The number of rotatable bonds is 2. The second kappa shape index (κ2) is 5.94. The Morgan fingerprint density at radius 3 is 2.58 bits per heavy atom. The van der Waals surface area contributed by atoms with Crippen molar-refractivity contribution in [1.82, 2.24) is 9.55 Å². The number of hydrogen-bond donors (Lipinski definition) is 1. The summed E-state index contributed by atoms with van der Waals surface area (Å²) in [6, 6.07) is 9.82. The summed E-state index contributed by atoms with van der Waals surface area (Å²) >= 11 is 0. The van der Waals surface area contributed by atoms with Crippen LogP contribution in [0.4, 0.5) is 14.7 Å². The number of aromatic nitrogens is 2. The van der Waals surface area contributed by atoms with Crippen LogP contribution in [0.25, 0.3) is 11.0 Å². The van der Waals surface area contributed by atoms with Crippen molar-refractivity contribution in [3.05, 3.63) is 70.9 Å². The SMILES string of the molecule is COC(=O)C1=C(C)Nc2nc3ccccc3n2[C@@H]1c1cc(F)cc(F)c1. The maximum Gasteiger partial charge on any atom is 0.337 e. The first-order valence-electron chi connectivity index (χ1n) is 7.98. The van der Waals surface area contributed by atoms with Crippen LogP contribution in [0.15, 0.2) is 53.7 Å². The van der Waals surface area contributed by atoms with E-state index in [1.807, 2.05) is 24.3 Å². The molecule has 1 aliphatic heterocycles. The summed E-state index contributed by atoms with van der Waals surface area (Å²) in [6.07, 6.45) is 0. The van der Waals surface area contributed by atoms with Crippen LogP contribution in [-0.4, -0.2) is 22.6 Å². The largest absolute Gasteiger partial charge is 0.466 e. The molecule has 26 heavy (non-hydrogen) atoms. The molecule has 132 valence electrons. The predicted molar refractivity (Wildman–Crippen MR) is 92.6 cm³/mol. The van der Waals surface area contributed by atoms with E-state index in [0.717, 1.165) is 11.6 Å². The van der Waals surface area contributed by atoms with E-state index >= 15 is 0 Å². The highest BCUT2D eigenvalue weighted by molar-refractivity contribution is 5.94. The zero-order valence-electron chi connectivity index (χ0n) is 14.1. The fourth-order valence-electron chi connectivity index (χ4n) is 3.39. The summed E-state index contributed by atoms with van der Waals surface area (Å²) in [5.74, 6) is -1.52. The molecule has 0 unspecified atom stereocenters. The van der Waals surface area contributed by atoms with Gasteiger partial charge in [0.2, 0.25) is 5.95 Å². The minimum Gasteiger partial charge on any atom is -0.466 e. The molecule has 2 aromatic carbocycles. The molecule has 1 atom stereocenters. The quantitative estimate of drug-likeness (QED) is 0.711. The Balaban J connectivity index is 2.04. The summed E-state index contributed by atoms with van der Waals surface area (Å²) in [5.41, 5.74) is 2.53. The van der Waals surface area contributed by atoms with Gasteiger partial charge in [0.1, 0.15) is 11.6 Å². The van der Waals surface area contributed by atoms with Crippen LogP contribution >= 0.6 is 0 Å². The molecule has 0 spiro atoms. The van der Waals surface area contributed by atoms with Crippen molar-refractivity contribution in [3.63, 3.8) is 0 Å². The van der Waals surface area contributed by atoms with Gasteiger partial charge in [-0.05, 0) is 36.8 Å². The molecule has 5 nitrogen and oxygen atoms in total. The number of ether oxygens (including phenoxy) is 1. The third-order valence-corrected chi connectivity index (χ3v) is 4.44. The first-order chi connectivity index (χ1) is 12.5. The number of fused-ring (bicyclic) bond motifs is 3. The number of carbonyl (C=O) groups excluding carboxylic acids is 1. The molecule has 7 heteroatoms. The molecule has 1 N–H and O–H groups in total. The number of hydrogen-bond acceptors (Lipinski definition) is 4. The Labute approximate surface area is 147 Å². The van der Waals surface area contributed by atoms with Gasteiger partial charge in [0, 0.05) is 11.8 Å². The van der Waals surface area contributed by atoms with E-state index in [1.165, 1.54) is 19.2 Å². The Bertz CT molecular complexity index is 1050. The molecule has 0 saturated heterocycles. The molecule has 1 aliphatic rings. The lowest BCUT2D eigenvalue weighted by Crippen LogP contribution is -2.28. The summed E-state index contributed by atoms with van der Waals surface area (Å²) in [5, 5.41) is 3.09. The van der Waals surface area contributed by atoms with Crippen molar-refractivity contribution in [1.29, 1.82) is 0 Å². The second-order valence-electron chi connectivity index (χ2n) is 6.05. The minimum absolute atomic E-state index is 0.271. The van der Waals surface area contributed by atoms with Crippen LogP contribution in [-0.2, 0) is 9.53 Å². The van der Waals surface area contributed by atoms with Crippen LogP contribution in [0.3, 0.4) is 0 Å². The monoisotopic (exact) mass is 355 g/mol. The Morgan fingerprint density at radius 1 is 1.19 bits per heavy atom. The number of methoxy groups -OCH3 is 1. The lowest BCUT2D eigenvalue weighted by atomic mass is 9.95. The number of imidazole rings is 1. The van der Waals surface area contributed by atoms with E-state index in [9.17, 15) is 13.6 Å². The van der Waals surface area contributed by atoms with Crippen LogP contribution in [0.2, 0.25) is 0 Å². The molecule has 4 rings (SSSR count). The number of nitrogens with zero attached hydrogens (tertiary/aromatic N) is 2. The van der Waals surface area contributed by atoms with Gasteiger partial charge in [0.15, 0.2) is 0 Å². The molecule has 3 aromatic rings. The molecule has 2 heterocycles. The number of benzene rings is 2. The molecule has 0 fully saturated rings. The van der Waals surface area contributed by atoms with Gasteiger partial charge in [-0.2, -0.15) is 0 Å². The van der Waals surface area contributed by atoms with E-state index in [4.69, 9.17) is 4.74 Å². The Kier molecular flexibility index (Phi) is 3.72. The first-order valence-corrected chi connectivity index (χ1v) is 7.98. The lowest BCUT2D eigenvalue weighted by Gasteiger charge is -2.30. The van der Waals surface area contributed by atoms with Crippen molar-refractivity contribution in [2.75, 3.05) is 12.4 Å². The van der Waals surface area contributed by atoms with Gasteiger partial charge in [0.25, 0.3) is 0 Å². The van der Waals surface area contributed by atoms with Gasteiger partial charge in [-0.1, -0.05) is 12.1 Å². The van der Waals surface area contributed by atoms with E-state index in [-0.39, 0.29) is 5.57 Å². The standard InChI is InChI=1S/C19H15F2N3O2/c1-10-16(18(25)26-2)17(11-7-12(20)9-13(21)8-11)24-15-6-4-3-5-14(15)23-19(24)22-10/h3-9,17H,1-2H3,(H,22,23)/t17-/m1/s1. The highest BCUT2D eigenvalue weighted by atomic mass is 19.1. The molecule has 0 aliphatic carbocycles. The number of nitrogens with one attached hydrogen (secondary N) is 1. The summed E-state index contributed by atoms with van der Waals surface area (Å²) in [7, 11) is 1.27. The van der Waals surface area contributed by atoms with Crippen LogP contribution in [0, 0.1) is 11.6 Å². The average molecular weight is 355 g/mol. The summed E-state index contributed by atoms with van der Waals surface area (Å²) in [6.45, 7) is 1.71. The number of para-hydroxylation sites is 2. The predicted octanol–water partition coefficient (Wildman–Crippen LogP) is 3.78. The molecular formula is C19H15F2N3O2. The Morgan fingerprint density at radius 2 is 1.88 bits per heavy atom. The van der Waals surface area contributed by atoms with E-state index in [0.29, 0.717) is 22.7 Å². The van der Waals surface area contributed by atoms with E-state index in [2.05, 4.69) is 10.3 Å². The van der Waals surface area contributed by atoms with Gasteiger partial charge in [0.05, 0.1) is 29.8 Å². The van der Waals surface area contributed by atoms with Gasteiger partial charge < -0.3 is 10.1 Å². The van der Waals surface area contributed by atoms with E-state index < -0.39 is 23.6 Å². The molecule has 0 radical (unpaired) electrons. The smallest absolute Gasteiger partial charge is 0.337 e. The van der Waals surface area contributed by atoms with E-state index in [1.54, 1.807) is 11.5 Å². The normalized spacial score (nSPS) is 16.4. The summed E-state index contributed by atoms with van der Waals surface area (Å²) < 4.78 is 34.5. The van der Waals surface area contributed by atoms with Crippen molar-refractivity contribution >= 4 is 23.0 Å². The number of carbonyl (C=O) groups is 1. The second-order valence-corrected chi connectivity index (χ2v) is 6.05. The average Bonchev–Trinajstić information content (AvgIpc) is 2.96. The minimum atomic E-state index is -0.767. The fourth-order valence-corrected chi connectivity index (χ4v) is 3.39. The van der Waals surface area contributed by atoms with Crippen molar-refractivity contribution in [3.8, 4) is 0 Å². The maximum absolute atomic E-state index is 13.9.